The minimum atomic E-state index is -4.13. The summed E-state index contributed by atoms with van der Waals surface area (Å²) in [6.07, 6.45) is 0.263. The maximum Gasteiger partial charge on any atom is 0.323 e. The van der Waals surface area contributed by atoms with Crippen LogP contribution in [0.1, 0.15) is 25.8 Å². The number of nitrogens with one attached hydrogen (secondary N) is 1. The lowest BCUT2D eigenvalue weighted by molar-refractivity contribution is -0.143. The van der Waals surface area contributed by atoms with Gasteiger partial charge in [-0.3, -0.25) is 4.79 Å². The van der Waals surface area contributed by atoms with E-state index < -0.39 is 32.7 Å². The Bertz CT molecular complexity index is 613. The fourth-order valence-corrected chi connectivity index (χ4v) is 3.14. The Morgan fingerprint density at radius 2 is 2.00 bits per heavy atom. The minimum absolute atomic E-state index is 0.0691. The molecule has 0 fully saturated rings. The quantitative estimate of drug-likeness (QED) is 0.815. The summed E-state index contributed by atoms with van der Waals surface area (Å²) >= 11 is 0. The first kappa shape index (κ1) is 17.6. The van der Waals surface area contributed by atoms with E-state index in [9.17, 15) is 17.6 Å². The van der Waals surface area contributed by atoms with Gasteiger partial charge < -0.3 is 4.74 Å². The van der Waals surface area contributed by atoms with Gasteiger partial charge in [0.05, 0.1) is 7.11 Å². The molecule has 118 valence electrons. The number of benzene rings is 1. The van der Waals surface area contributed by atoms with Crippen LogP contribution in [0.3, 0.4) is 0 Å². The lowest BCUT2D eigenvalue weighted by atomic mass is 10.1. The molecule has 0 spiro atoms. The molecule has 7 heteroatoms. The molecule has 1 rings (SSSR count). The Kier molecular flexibility index (Phi) is 5.86. The summed E-state index contributed by atoms with van der Waals surface area (Å²) in [5.41, 5.74) is 0.609. The highest BCUT2D eigenvalue weighted by Gasteiger charge is 2.28. The second-order valence-corrected chi connectivity index (χ2v) is 6.94. The summed E-state index contributed by atoms with van der Waals surface area (Å²) in [7, 11) is -2.96. The number of sulfonamides is 1. The summed E-state index contributed by atoms with van der Waals surface area (Å²) in [6, 6.07) is 2.76. The van der Waals surface area contributed by atoms with E-state index in [2.05, 4.69) is 9.46 Å². The zero-order valence-corrected chi connectivity index (χ0v) is 13.3. The van der Waals surface area contributed by atoms with Gasteiger partial charge in [0, 0.05) is 0 Å². The fraction of sp³-hybridized carbons (Fsp3) is 0.500. The van der Waals surface area contributed by atoms with Crippen molar-refractivity contribution >= 4 is 16.0 Å². The van der Waals surface area contributed by atoms with Crippen LogP contribution in [0.4, 0.5) is 4.39 Å². The van der Waals surface area contributed by atoms with E-state index in [1.54, 1.807) is 6.92 Å². The number of hydrogen-bond acceptors (Lipinski definition) is 4. The number of halogens is 1. The topological polar surface area (TPSA) is 72.5 Å². The van der Waals surface area contributed by atoms with Crippen molar-refractivity contribution in [3.05, 3.63) is 29.6 Å². The monoisotopic (exact) mass is 317 g/mol. The molecule has 1 aromatic rings. The van der Waals surface area contributed by atoms with Crippen LogP contribution in [0, 0.1) is 18.7 Å². The number of rotatable bonds is 6. The van der Waals surface area contributed by atoms with Gasteiger partial charge >= 0.3 is 5.97 Å². The van der Waals surface area contributed by atoms with Crippen LogP contribution in [-0.2, 0) is 19.6 Å². The largest absolute Gasteiger partial charge is 0.468 e. The molecule has 1 N–H and O–H groups in total. The number of esters is 1. The molecule has 0 saturated carbocycles. The summed E-state index contributed by atoms with van der Waals surface area (Å²) in [6.45, 7) is 5.34. The van der Waals surface area contributed by atoms with Gasteiger partial charge in [0.1, 0.15) is 16.8 Å². The first-order valence-corrected chi connectivity index (χ1v) is 8.02. The van der Waals surface area contributed by atoms with Gasteiger partial charge in [-0.15, -0.1) is 0 Å². The van der Waals surface area contributed by atoms with Crippen molar-refractivity contribution < 1.29 is 22.3 Å². The number of carbonyl (C=O) groups excluding carboxylic acids is 1. The van der Waals surface area contributed by atoms with Crippen LogP contribution in [-0.4, -0.2) is 27.5 Å². The van der Waals surface area contributed by atoms with Crippen LogP contribution >= 0.6 is 0 Å². The van der Waals surface area contributed by atoms with E-state index in [1.165, 1.54) is 19.2 Å². The standard InChI is InChI=1S/C14H20FNO4S/c1-9(2)7-12(14(17)20-4)16-21(18,19)13-6-5-10(3)8-11(13)15/h5-6,8-9,12,16H,7H2,1-4H3. The third-order valence-corrected chi connectivity index (χ3v) is 4.37. The number of carbonyl (C=O) groups is 1. The SMILES string of the molecule is COC(=O)C(CC(C)C)NS(=O)(=O)c1ccc(C)cc1F. The first-order valence-electron chi connectivity index (χ1n) is 6.53. The third kappa shape index (κ3) is 4.78. The second kappa shape index (κ2) is 7.00. The zero-order chi connectivity index (χ0) is 16.2. The van der Waals surface area contributed by atoms with Crippen molar-refractivity contribution in [2.24, 2.45) is 5.92 Å². The summed E-state index contributed by atoms with van der Waals surface area (Å²) in [4.78, 5) is 11.2. The Labute approximate surface area is 124 Å². The van der Waals surface area contributed by atoms with Crippen molar-refractivity contribution in [2.45, 2.75) is 38.1 Å². The molecular weight excluding hydrogens is 297 g/mol. The van der Waals surface area contributed by atoms with E-state index in [4.69, 9.17) is 0 Å². The Balaban J connectivity index is 3.08. The molecule has 1 aromatic carbocycles. The summed E-state index contributed by atoms with van der Waals surface area (Å²) in [5.74, 6) is -1.48. The highest BCUT2D eigenvalue weighted by molar-refractivity contribution is 7.89. The van der Waals surface area contributed by atoms with Gasteiger partial charge in [-0.05, 0) is 37.0 Å². The van der Waals surface area contributed by atoms with E-state index in [0.717, 1.165) is 6.07 Å². The first-order chi connectivity index (χ1) is 9.67. The van der Waals surface area contributed by atoms with Crippen LogP contribution < -0.4 is 4.72 Å². The third-order valence-electron chi connectivity index (χ3n) is 2.87. The highest BCUT2D eigenvalue weighted by atomic mass is 32.2. The fourth-order valence-electron chi connectivity index (χ4n) is 1.88. The predicted octanol–water partition coefficient (Wildman–Crippen LogP) is 2.00. The second-order valence-electron chi connectivity index (χ2n) is 5.26. The van der Waals surface area contributed by atoms with E-state index in [0.29, 0.717) is 5.56 Å². The van der Waals surface area contributed by atoms with Crippen molar-refractivity contribution in [1.82, 2.24) is 4.72 Å². The molecule has 0 heterocycles. The molecule has 1 atom stereocenters. The van der Waals surface area contributed by atoms with Crippen molar-refractivity contribution in [1.29, 1.82) is 0 Å². The lowest BCUT2D eigenvalue weighted by Gasteiger charge is -2.18. The molecule has 0 aliphatic carbocycles. The number of hydrogen-bond donors (Lipinski definition) is 1. The minimum Gasteiger partial charge on any atom is -0.468 e. The molecule has 0 amide bonds. The summed E-state index contributed by atoms with van der Waals surface area (Å²) < 4.78 is 45.0. The average molecular weight is 317 g/mol. The van der Waals surface area contributed by atoms with Crippen LogP contribution in [0.15, 0.2) is 23.1 Å². The average Bonchev–Trinajstić information content (AvgIpc) is 2.35. The normalized spacial score (nSPS) is 13.2. The van der Waals surface area contributed by atoms with Crippen molar-refractivity contribution in [2.75, 3.05) is 7.11 Å². The van der Waals surface area contributed by atoms with Crippen molar-refractivity contribution in [3.63, 3.8) is 0 Å². The van der Waals surface area contributed by atoms with Gasteiger partial charge in [0.2, 0.25) is 10.0 Å². The van der Waals surface area contributed by atoms with Gasteiger partial charge in [-0.2, -0.15) is 4.72 Å². The Morgan fingerprint density at radius 1 is 1.38 bits per heavy atom. The van der Waals surface area contributed by atoms with Gasteiger partial charge in [0.15, 0.2) is 0 Å². The molecule has 0 radical (unpaired) electrons. The number of aryl methyl sites for hydroxylation is 1. The van der Waals surface area contributed by atoms with Gasteiger partial charge in [-0.25, -0.2) is 12.8 Å². The van der Waals surface area contributed by atoms with Gasteiger partial charge in [-0.1, -0.05) is 19.9 Å². The predicted molar refractivity (Wildman–Crippen MR) is 76.7 cm³/mol. The van der Waals surface area contributed by atoms with E-state index >= 15 is 0 Å². The number of ether oxygens (including phenoxy) is 1. The van der Waals surface area contributed by atoms with Gasteiger partial charge in [0.25, 0.3) is 0 Å². The smallest absolute Gasteiger partial charge is 0.323 e. The van der Waals surface area contributed by atoms with E-state index in [1.807, 2.05) is 13.8 Å². The van der Waals surface area contributed by atoms with Crippen molar-refractivity contribution in [3.8, 4) is 0 Å². The highest BCUT2D eigenvalue weighted by Crippen LogP contribution is 2.17. The molecule has 5 nitrogen and oxygen atoms in total. The molecular formula is C14H20FNO4S. The van der Waals surface area contributed by atoms with E-state index in [-0.39, 0.29) is 12.3 Å². The Hall–Kier alpha value is -1.47. The molecule has 0 aliphatic heterocycles. The lowest BCUT2D eigenvalue weighted by Crippen LogP contribution is -2.42. The maximum absolute atomic E-state index is 13.8. The molecule has 0 aliphatic rings. The molecule has 0 aromatic heterocycles. The van der Waals surface area contributed by atoms with Crippen LogP contribution in [0.25, 0.3) is 0 Å². The van der Waals surface area contributed by atoms with Crippen LogP contribution in [0.2, 0.25) is 0 Å². The molecule has 0 bridgehead atoms. The maximum atomic E-state index is 13.8. The molecule has 21 heavy (non-hydrogen) atoms. The molecule has 0 saturated heterocycles. The zero-order valence-electron chi connectivity index (χ0n) is 12.5. The summed E-state index contributed by atoms with van der Waals surface area (Å²) in [5, 5.41) is 0. The Morgan fingerprint density at radius 3 is 2.48 bits per heavy atom. The molecule has 1 unspecified atom stereocenters. The number of methoxy groups -OCH3 is 1. The van der Waals surface area contributed by atoms with Crippen LogP contribution in [0.5, 0.6) is 0 Å².